The van der Waals surface area contributed by atoms with E-state index in [0.29, 0.717) is 29.1 Å². The van der Waals surface area contributed by atoms with Gasteiger partial charge in [-0.25, -0.2) is 13.8 Å². The predicted octanol–water partition coefficient (Wildman–Crippen LogP) is 2.95. The lowest BCUT2D eigenvalue weighted by molar-refractivity contribution is -0.124. The smallest absolute Gasteiger partial charge is 0.253 e. The van der Waals surface area contributed by atoms with E-state index in [1.807, 2.05) is 0 Å². The summed E-state index contributed by atoms with van der Waals surface area (Å²) in [5.74, 6) is -2.99. The van der Waals surface area contributed by atoms with Gasteiger partial charge in [-0.05, 0) is 19.3 Å². The minimum absolute atomic E-state index is 0.146. The molecule has 0 saturated heterocycles. The van der Waals surface area contributed by atoms with Gasteiger partial charge >= 0.3 is 0 Å². The van der Waals surface area contributed by atoms with Crippen molar-refractivity contribution in [1.82, 2.24) is 4.98 Å². The van der Waals surface area contributed by atoms with Gasteiger partial charge in [-0.3, -0.25) is 4.79 Å². The van der Waals surface area contributed by atoms with E-state index in [4.69, 9.17) is 5.73 Å². The first-order chi connectivity index (χ1) is 9.43. The lowest BCUT2D eigenvalue weighted by Crippen LogP contribution is -2.42. The Morgan fingerprint density at radius 1 is 1.20 bits per heavy atom. The normalized spacial score (nSPS) is 24.1. The van der Waals surface area contributed by atoms with Crippen LogP contribution >= 0.6 is 11.3 Å². The highest BCUT2D eigenvalue weighted by Gasteiger charge is 2.44. The van der Waals surface area contributed by atoms with Crippen molar-refractivity contribution < 1.29 is 13.6 Å². The summed E-state index contributed by atoms with van der Waals surface area (Å²) in [6.07, 6.45) is 4.30. The van der Waals surface area contributed by atoms with Crippen LogP contribution in [0.15, 0.2) is 0 Å². The zero-order chi connectivity index (χ0) is 14.4. The fraction of sp³-hybridized carbons (Fsp3) is 0.714. The van der Waals surface area contributed by atoms with Crippen LogP contribution in [0.25, 0.3) is 0 Å². The highest BCUT2D eigenvalue weighted by Crippen LogP contribution is 2.44. The van der Waals surface area contributed by atoms with Crippen molar-refractivity contribution in [3.05, 3.63) is 15.6 Å². The molecule has 1 heterocycles. The molecule has 0 bridgehead atoms. The molecule has 2 aliphatic carbocycles. The van der Waals surface area contributed by atoms with Crippen LogP contribution in [-0.2, 0) is 23.1 Å². The monoisotopic (exact) mass is 300 g/mol. The fourth-order valence-electron chi connectivity index (χ4n) is 3.27. The van der Waals surface area contributed by atoms with Gasteiger partial charge in [0.1, 0.15) is 10.4 Å². The number of thiazole rings is 1. The van der Waals surface area contributed by atoms with Crippen LogP contribution in [-0.4, -0.2) is 16.8 Å². The summed E-state index contributed by atoms with van der Waals surface area (Å²) in [6.45, 7) is 0. The van der Waals surface area contributed by atoms with Crippen LogP contribution in [0.1, 0.15) is 54.1 Å². The second kappa shape index (κ2) is 4.76. The molecule has 1 amide bonds. The first-order valence-electron chi connectivity index (χ1n) is 7.10. The molecule has 3 rings (SSSR count). The van der Waals surface area contributed by atoms with Crippen LogP contribution in [0.5, 0.6) is 0 Å². The van der Waals surface area contributed by atoms with Gasteiger partial charge in [-0.15, -0.1) is 11.3 Å². The van der Waals surface area contributed by atoms with Crippen LogP contribution in [0.4, 0.5) is 8.78 Å². The van der Waals surface area contributed by atoms with Crippen LogP contribution in [0.3, 0.4) is 0 Å². The van der Waals surface area contributed by atoms with Gasteiger partial charge in [0, 0.05) is 17.7 Å². The van der Waals surface area contributed by atoms with Crippen molar-refractivity contribution >= 4 is 17.2 Å². The maximum Gasteiger partial charge on any atom is 0.253 e. The second-order valence-corrected chi connectivity index (χ2v) is 7.01. The number of aryl methyl sites for hydroxylation is 1. The van der Waals surface area contributed by atoms with Gasteiger partial charge in [-0.1, -0.05) is 19.3 Å². The molecule has 1 aromatic heterocycles. The third kappa shape index (κ3) is 2.24. The molecule has 0 aromatic carbocycles. The number of carbonyl (C=O) groups is 1. The molecular formula is C14H18F2N2OS. The number of halogens is 2. The Kier molecular flexibility index (Phi) is 3.31. The van der Waals surface area contributed by atoms with Gasteiger partial charge in [0.05, 0.1) is 5.69 Å². The van der Waals surface area contributed by atoms with E-state index in [0.717, 1.165) is 25.0 Å². The molecule has 3 nitrogen and oxygen atoms in total. The van der Waals surface area contributed by atoms with Crippen LogP contribution in [0.2, 0.25) is 0 Å². The van der Waals surface area contributed by atoms with Crippen molar-refractivity contribution in [2.24, 2.45) is 5.73 Å². The summed E-state index contributed by atoms with van der Waals surface area (Å²) in [5.41, 5.74) is 5.66. The summed E-state index contributed by atoms with van der Waals surface area (Å²) in [6, 6.07) is 0. The molecule has 20 heavy (non-hydrogen) atoms. The van der Waals surface area contributed by atoms with Crippen molar-refractivity contribution in [2.45, 2.75) is 62.7 Å². The number of carbonyl (C=O) groups excluding carboxylic acids is 1. The highest BCUT2D eigenvalue weighted by molar-refractivity contribution is 7.12. The maximum atomic E-state index is 13.5. The lowest BCUT2D eigenvalue weighted by Gasteiger charge is -2.32. The van der Waals surface area contributed by atoms with E-state index in [-0.39, 0.29) is 18.7 Å². The molecule has 2 aliphatic rings. The quantitative estimate of drug-likeness (QED) is 0.913. The number of primary amides is 1. The largest absolute Gasteiger partial charge is 0.369 e. The number of hydrogen-bond acceptors (Lipinski definition) is 3. The minimum atomic E-state index is -2.64. The maximum absolute atomic E-state index is 13.5. The molecule has 0 radical (unpaired) electrons. The number of aromatic nitrogens is 1. The first kappa shape index (κ1) is 13.9. The topological polar surface area (TPSA) is 56.0 Å². The Morgan fingerprint density at radius 2 is 1.90 bits per heavy atom. The molecule has 6 heteroatoms. The molecule has 1 fully saturated rings. The Morgan fingerprint density at radius 3 is 2.55 bits per heavy atom. The molecule has 110 valence electrons. The number of alkyl halides is 2. The summed E-state index contributed by atoms with van der Waals surface area (Å²) >= 11 is 1.28. The summed E-state index contributed by atoms with van der Waals surface area (Å²) in [4.78, 5) is 17.1. The molecule has 1 aromatic rings. The second-order valence-electron chi connectivity index (χ2n) is 5.93. The summed E-state index contributed by atoms with van der Waals surface area (Å²) in [7, 11) is 0. The Labute approximate surface area is 120 Å². The van der Waals surface area contributed by atoms with Gasteiger partial charge in [0.15, 0.2) is 0 Å². The number of nitrogens with two attached hydrogens (primary N) is 1. The Hall–Kier alpha value is -1.04. The standard InChI is InChI=1S/C14H18F2N2OS/c15-14(16)7-4-9-10(8-14)20-12(18-9)13(11(17)19)5-2-1-3-6-13/h1-8H2,(H2,17,19). The van der Waals surface area contributed by atoms with E-state index in [1.165, 1.54) is 11.3 Å². The molecule has 0 spiro atoms. The number of nitrogens with zero attached hydrogens (tertiary/aromatic N) is 1. The molecule has 2 N–H and O–H groups in total. The molecule has 0 atom stereocenters. The number of hydrogen-bond donors (Lipinski definition) is 1. The Balaban J connectivity index is 1.98. The average Bonchev–Trinajstić information content (AvgIpc) is 2.81. The van der Waals surface area contributed by atoms with Crippen molar-refractivity contribution in [3.8, 4) is 0 Å². The van der Waals surface area contributed by atoms with Gasteiger partial charge in [0.2, 0.25) is 5.91 Å². The SMILES string of the molecule is NC(=O)C1(c2nc3c(s2)CC(F)(F)CC3)CCCCC1. The summed E-state index contributed by atoms with van der Waals surface area (Å²) in [5, 5.41) is 0.674. The van der Waals surface area contributed by atoms with Gasteiger partial charge < -0.3 is 5.73 Å². The number of rotatable bonds is 2. The van der Waals surface area contributed by atoms with E-state index in [1.54, 1.807) is 0 Å². The fourth-order valence-corrected chi connectivity index (χ4v) is 4.71. The molecule has 1 saturated carbocycles. The Bertz CT molecular complexity index is 535. The van der Waals surface area contributed by atoms with Crippen LogP contribution in [0, 0.1) is 0 Å². The number of fused-ring (bicyclic) bond motifs is 1. The van der Waals surface area contributed by atoms with Crippen molar-refractivity contribution in [1.29, 1.82) is 0 Å². The zero-order valence-electron chi connectivity index (χ0n) is 11.3. The van der Waals surface area contributed by atoms with E-state index < -0.39 is 11.3 Å². The van der Waals surface area contributed by atoms with Crippen molar-refractivity contribution in [3.63, 3.8) is 0 Å². The third-order valence-electron chi connectivity index (χ3n) is 4.51. The zero-order valence-corrected chi connectivity index (χ0v) is 12.1. The first-order valence-corrected chi connectivity index (χ1v) is 7.91. The highest BCUT2D eigenvalue weighted by atomic mass is 32.1. The minimum Gasteiger partial charge on any atom is -0.369 e. The van der Waals surface area contributed by atoms with Gasteiger partial charge in [-0.2, -0.15) is 0 Å². The average molecular weight is 300 g/mol. The molecule has 0 aliphatic heterocycles. The predicted molar refractivity (Wildman–Crippen MR) is 73.0 cm³/mol. The lowest BCUT2D eigenvalue weighted by atomic mass is 9.74. The van der Waals surface area contributed by atoms with E-state index in [2.05, 4.69) is 4.98 Å². The van der Waals surface area contributed by atoms with Gasteiger partial charge in [0.25, 0.3) is 5.92 Å². The van der Waals surface area contributed by atoms with Crippen LogP contribution < -0.4 is 5.73 Å². The molecular weight excluding hydrogens is 282 g/mol. The number of amides is 1. The van der Waals surface area contributed by atoms with E-state index in [9.17, 15) is 13.6 Å². The summed E-state index contributed by atoms with van der Waals surface area (Å²) < 4.78 is 27.0. The third-order valence-corrected chi connectivity index (χ3v) is 5.81. The van der Waals surface area contributed by atoms with Crippen molar-refractivity contribution in [2.75, 3.05) is 0 Å². The van der Waals surface area contributed by atoms with E-state index >= 15 is 0 Å². The molecule has 0 unspecified atom stereocenters.